The molecule has 1 aliphatic rings. The molecule has 102 valence electrons. The molecule has 0 aromatic heterocycles. The van der Waals surface area contributed by atoms with Gasteiger partial charge in [-0.25, -0.2) is 0 Å². The lowest BCUT2D eigenvalue weighted by Gasteiger charge is -2.22. The van der Waals surface area contributed by atoms with E-state index in [0.717, 1.165) is 21.9 Å². The molecule has 0 heterocycles. The number of fused-ring (bicyclic) bond motifs is 2. The van der Waals surface area contributed by atoms with Crippen molar-refractivity contribution in [2.45, 2.75) is 0 Å². The Morgan fingerprint density at radius 1 is 0.952 bits per heavy atom. The van der Waals surface area contributed by atoms with Gasteiger partial charge in [-0.3, -0.25) is 4.79 Å². The number of carbonyl (C=O) groups excluding carboxylic acids is 1. The largest absolute Gasteiger partial charge is 0.495 e. The summed E-state index contributed by atoms with van der Waals surface area (Å²) in [5.74, 6) is 0.672. The van der Waals surface area contributed by atoms with Crippen molar-refractivity contribution in [3.05, 3.63) is 64.7 Å². The first-order valence-electron chi connectivity index (χ1n) is 6.65. The monoisotopic (exact) mass is 294 g/mol. The van der Waals surface area contributed by atoms with Crippen LogP contribution in [0.25, 0.3) is 21.9 Å². The van der Waals surface area contributed by atoms with E-state index in [1.54, 1.807) is 7.11 Å². The first-order chi connectivity index (χ1) is 10.2. The number of hydrogen-bond acceptors (Lipinski definition) is 2. The maximum atomic E-state index is 12.7. The van der Waals surface area contributed by atoms with Crippen LogP contribution in [0.5, 0.6) is 5.75 Å². The highest BCUT2D eigenvalue weighted by molar-refractivity contribution is 6.39. The summed E-state index contributed by atoms with van der Waals surface area (Å²) in [7, 11) is 1.60. The quantitative estimate of drug-likeness (QED) is 0.508. The summed E-state index contributed by atoms with van der Waals surface area (Å²) < 4.78 is 5.38. The number of ether oxygens (including phenoxy) is 1. The standard InChI is InChI=1S/C18H11ClO2/c1-21-14-9-10-5-4-8-13-15(10)16(17(14)19)11-6-2-3-7-12(11)18(13)20/h2-9H,1H3. The van der Waals surface area contributed by atoms with E-state index in [-0.39, 0.29) is 5.78 Å². The first kappa shape index (κ1) is 12.4. The molecule has 3 aromatic carbocycles. The second-order valence-corrected chi connectivity index (χ2v) is 5.42. The third kappa shape index (κ3) is 1.57. The highest BCUT2D eigenvalue weighted by Gasteiger charge is 2.27. The Hall–Kier alpha value is -2.32. The number of hydrogen-bond donors (Lipinski definition) is 0. The van der Waals surface area contributed by atoms with Crippen molar-refractivity contribution < 1.29 is 9.53 Å². The third-order valence-corrected chi connectivity index (χ3v) is 4.35. The Kier molecular flexibility index (Phi) is 2.57. The van der Waals surface area contributed by atoms with E-state index in [4.69, 9.17) is 16.3 Å². The third-order valence-electron chi connectivity index (χ3n) is 3.97. The molecule has 3 heteroatoms. The zero-order valence-electron chi connectivity index (χ0n) is 11.3. The average Bonchev–Trinajstić information content (AvgIpc) is 2.53. The highest BCUT2D eigenvalue weighted by atomic mass is 35.5. The minimum absolute atomic E-state index is 0.0462. The topological polar surface area (TPSA) is 26.3 Å². The van der Waals surface area contributed by atoms with Gasteiger partial charge in [-0.2, -0.15) is 0 Å². The summed E-state index contributed by atoms with van der Waals surface area (Å²) in [6, 6.07) is 15.2. The average molecular weight is 295 g/mol. The molecule has 0 radical (unpaired) electrons. The zero-order chi connectivity index (χ0) is 14.6. The van der Waals surface area contributed by atoms with Gasteiger partial charge >= 0.3 is 0 Å². The van der Waals surface area contributed by atoms with Crippen LogP contribution in [-0.4, -0.2) is 12.9 Å². The van der Waals surface area contributed by atoms with Gasteiger partial charge in [0.15, 0.2) is 5.78 Å². The molecular weight excluding hydrogens is 284 g/mol. The Balaban J connectivity index is 2.28. The van der Waals surface area contributed by atoms with E-state index in [1.165, 1.54) is 0 Å². The smallest absolute Gasteiger partial charge is 0.194 e. The molecule has 0 bridgehead atoms. The molecule has 0 atom stereocenters. The summed E-state index contributed by atoms with van der Waals surface area (Å²) in [5.41, 5.74) is 3.14. The van der Waals surface area contributed by atoms with E-state index in [0.29, 0.717) is 21.9 Å². The van der Waals surface area contributed by atoms with Crippen LogP contribution in [0.15, 0.2) is 48.5 Å². The summed E-state index contributed by atoms with van der Waals surface area (Å²) in [4.78, 5) is 12.7. The van der Waals surface area contributed by atoms with Gasteiger partial charge < -0.3 is 4.74 Å². The SMILES string of the molecule is COc1cc2cccc3c2c(c1Cl)-c1ccccc1C3=O. The predicted octanol–water partition coefficient (Wildman–Crippen LogP) is 4.71. The van der Waals surface area contributed by atoms with Gasteiger partial charge in [0.25, 0.3) is 0 Å². The Morgan fingerprint density at radius 3 is 2.43 bits per heavy atom. The lowest BCUT2D eigenvalue weighted by atomic mass is 9.82. The lowest BCUT2D eigenvalue weighted by Crippen LogP contribution is -2.10. The van der Waals surface area contributed by atoms with Crippen LogP contribution in [-0.2, 0) is 0 Å². The Morgan fingerprint density at radius 2 is 1.67 bits per heavy atom. The van der Waals surface area contributed by atoms with E-state index in [9.17, 15) is 4.79 Å². The van der Waals surface area contributed by atoms with E-state index < -0.39 is 0 Å². The molecule has 1 aliphatic carbocycles. The fourth-order valence-corrected chi connectivity index (χ4v) is 3.37. The summed E-state index contributed by atoms with van der Waals surface area (Å²) >= 11 is 6.53. The van der Waals surface area contributed by atoms with Crippen molar-refractivity contribution in [2.24, 2.45) is 0 Å². The normalized spacial score (nSPS) is 12.4. The molecule has 0 amide bonds. The molecular formula is C18H11ClO2. The van der Waals surface area contributed by atoms with Crippen molar-refractivity contribution in [3.63, 3.8) is 0 Å². The molecule has 0 fully saturated rings. The van der Waals surface area contributed by atoms with Crippen molar-refractivity contribution in [2.75, 3.05) is 7.11 Å². The number of benzene rings is 3. The van der Waals surface area contributed by atoms with Crippen molar-refractivity contribution in [1.29, 1.82) is 0 Å². The molecule has 2 nitrogen and oxygen atoms in total. The van der Waals surface area contributed by atoms with Gasteiger partial charge in [-0.15, -0.1) is 0 Å². The molecule has 0 aliphatic heterocycles. The number of carbonyl (C=O) groups is 1. The number of rotatable bonds is 1. The maximum Gasteiger partial charge on any atom is 0.194 e. The summed E-state index contributed by atoms with van der Waals surface area (Å²) in [6.45, 7) is 0. The van der Waals surface area contributed by atoms with Crippen LogP contribution < -0.4 is 4.74 Å². The molecule has 3 aromatic rings. The number of halogens is 1. The molecule has 0 saturated heterocycles. The van der Waals surface area contributed by atoms with Crippen LogP contribution in [0.4, 0.5) is 0 Å². The summed E-state index contributed by atoms with van der Waals surface area (Å²) in [6.07, 6.45) is 0. The van der Waals surface area contributed by atoms with Crippen molar-refractivity contribution >= 4 is 28.2 Å². The molecule has 4 rings (SSSR count). The van der Waals surface area contributed by atoms with Gasteiger partial charge in [-0.1, -0.05) is 54.1 Å². The lowest BCUT2D eigenvalue weighted by molar-refractivity contribution is 0.104. The van der Waals surface area contributed by atoms with Crippen molar-refractivity contribution in [3.8, 4) is 16.9 Å². The minimum Gasteiger partial charge on any atom is -0.495 e. The van der Waals surface area contributed by atoms with Crippen molar-refractivity contribution in [1.82, 2.24) is 0 Å². The Labute approximate surface area is 126 Å². The summed E-state index contributed by atoms with van der Waals surface area (Å²) in [5, 5.41) is 2.43. The van der Waals surface area contributed by atoms with Gasteiger partial charge in [0.1, 0.15) is 5.75 Å². The molecule has 0 spiro atoms. The molecule has 21 heavy (non-hydrogen) atoms. The Bertz CT molecular complexity index is 912. The zero-order valence-corrected chi connectivity index (χ0v) is 12.1. The predicted molar refractivity (Wildman–Crippen MR) is 84.4 cm³/mol. The molecule has 0 N–H and O–H groups in total. The van der Waals surface area contributed by atoms with Gasteiger partial charge in [0.2, 0.25) is 0 Å². The number of methoxy groups -OCH3 is 1. The second kappa shape index (κ2) is 4.34. The van der Waals surface area contributed by atoms with Gasteiger partial charge in [0.05, 0.1) is 12.1 Å². The van der Waals surface area contributed by atoms with Crippen LogP contribution in [0.2, 0.25) is 5.02 Å². The van der Waals surface area contributed by atoms with Crippen LogP contribution in [0.1, 0.15) is 15.9 Å². The number of ketones is 1. The fourth-order valence-electron chi connectivity index (χ4n) is 3.04. The molecule has 0 saturated carbocycles. The fraction of sp³-hybridized carbons (Fsp3) is 0.0556. The van der Waals surface area contributed by atoms with E-state index >= 15 is 0 Å². The minimum atomic E-state index is 0.0462. The highest BCUT2D eigenvalue weighted by Crippen LogP contribution is 2.46. The second-order valence-electron chi connectivity index (χ2n) is 5.05. The van der Waals surface area contributed by atoms with E-state index in [1.807, 2.05) is 48.5 Å². The van der Waals surface area contributed by atoms with E-state index in [2.05, 4.69) is 0 Å². The van der Waals surface area contributed by atoms with Crippen LogP contribution >= 0.6 is 11.6 Å². The van der Waals surface area contributed by atoms with Gasteiger partial charge in [0, 0.05) is 22.1 Å². The molecule has 0 unspecified atom stereocenters. The maximum absolute atomic E-state index is 12.7. The van der Waals surface area contributed by atoms with Crippen LogP contribution in [0.3, 0.4) is 0 Å². The first-order valence-corrected chi connectivity index (χ1v) is 7.03. The van der Waals surface area contributed by atoms with Crippen LogP contribution in [0, 0.1) is 0 Å². The van der Waals surface area contributed by atoms with Gasteiger partial charge in [-0.05, 0) is 17.0 Å².